The van der Waals surface area contributed by atoms with Crippen molar-refractivity contribution in [3.8, 4) is 12.5 Å². The number of benzene rings is 3. The Hall–Kier alpha value is -4.84. The molecule has 3 rings (SSSR count). The van der Waals surface area contributed by atoms with Gasteiger partial charge in [-0.3, -0.25) is 19.3 Å². The summed E-state index contributed by atoms with van der Waals surface area (Å²) >= 11 is 0. The second-order valence-electron chi connectivity index (χ2n) is 10.8. The Morgan fingerprint density at radius 1 is 0.976 bits per heavy atom. The molecular formula is C32H36N4O5. The number of carbonyl (C=O) groups excluding carboxylic acids is 4. The lowest BCUT2D eigenvalue weighted by molar-refractivity contribution is -0.137. The second-order valence-corrected chi connectivity index (χ2v) is 10.8. The summed E-state index contributed by atoms with van der Waals surface area (Å²) < 4.78 is 5.32. The summed E-state index contributed by atoms with van der Waals surface area (Å²) in [6.07, 6.45) is 4.66. The lowest BCUT2D eigenvalue weighted by Gasteiger charge is -2.31. The first-order chi connectivity index (χ1) is 19.3. The number of rotatable bonds is 9. The molecule has 0 aliphatic carbocycles. The van der Waals surface area contributed by atoms with Crippen molar-refractivity contribution in [3.05, 3.63) is 77.4 Å². The van der Waals surface area contributed by atoms with Gasteiger partial charge in [-0.1, -0.05) is 55.0 Å². The van der Waals surface area contributed by atoms with Crippen molar-refractivity contribution in [1.82, 2.24) is 10.2 Å². The van der Waals surface area contributed by atoms with Crippen LogP contribution in [-0.4, -0.2) is 40.4 Å². The summed E-state index contributed by atoms with van der Waals surface area (Å²) in [6.45, 7) is 8.67. The lowest BCUT2D eigenvalue weighted by Crippen LogP contribution is -2.51. The Balaban J connectivity index is 2.03. The molecule has 0 bridgehead atoms. The Morgan fingerprint density at radius 2 is 1.61 bits per heavy atom. The maximum atomic E-state index is 14.0. The molecule has 4 N–H and O–H groups in total. The molecule has 41 heavy (non-hydrogen) atoms. The molecule has 214 valence electrons. The van der Waals surface area contributed by atoms with Gasteiger partial charge in [0.2, 0.25) is 5.91 Å². The number of nitrogens with one attached hydrogen (secondary N) is 2. The molecule has 0 saturated heterocycles. The van der Waals surface area contributed by atoms with E-state index in [1.54, 1.807) is 26.8 Å². The number of terminal acetylenes is 1. The molecule has 0 aliphatic rings. The molecule has 0 aliphatic heterocycles. The van der Waals surface area contributed by atoms with Crippen LogP contribution < -0.4 is 16.4 Å². The number of fused-ring (bicyclic) bond motifs is 1. The van der Waals surface area contributed by atoms with Gasteiger partial charge in [-0.05, 0) is 80.6 Å². The molecule has 3 aromatic rings. The van der Waals surface area contributed by atoms with Crippen LogP contribution >= 0.6 is 0 Å². The summed E-state index contributed by atoms with van der Waals surface area (Å²) in [6, 6.07) is 18.5. The molecule has 9 nitrogen and oxygen atoms in total. The van der Waals surface area contributed by atoms with Gasteiger partial charge in [0, 0.05) is 18.2 Å². The average molecular weight is 557 g/mol. The van der Waals surface area contributed by atoms with Crippen molar-refractivity contribution in [3.63, 3.8) is 0 Å². The summed E-state index contributed by atoms with van der Waals surface area (Å²) in [5.41, 5.74) is 7.04. The second kappa shape index (κ2) is 13.0. The maximum absolute atomic E-state index is 14.0. The smallest absolute Gasteiger partial charge is 0.408 e. The lowest BCUT2D eigenvalue weighted by atomic mass is 9.93. The van der Waals surface area contributed by atoms with Crippen molar-refractivity contribution in [2.24, 2.45) is 5.73 Å². The number of nitrogens with two attached hydrogens (primary N) is 1. The van der Waals surface area contributed by atoms with Crippen LogP contribution in [0.5, 0.6) is 0 Å². The van der Waals surface area contributed by atoms with Crippen molar-refractivity contribution < 1.29 is 23.9 Å². The Bertz CT molecular complexity index is 1480. The summed E-state index contributed by atoms with van der Waals surface area (Å²) in [5, 5.41) is 7.33. The fourth-order valence-corrected chi connectivity index (χ4v) is 4.54. The predicted octanol–water partition coefficient (Wildman–Crippen LogP) is 4.71. The number of hydrogen-bond acceptors (Lipinski definition) is 5. The summed E-state index contributed by atoms with van der Waals surface area (Å²) in [7, 11) is 0. The number of ether oxygens (including phenoxy) is 1. The number of hydrogen-bond donors (Lipinski definition) is 3. The molecule has 2 atom stereocenters. The molecule has 0 spiro atoms. The van der Waals surface area contributed by atoms with Gasteiger partial charge in [0.25, 0.3) is 11.8 Å². The first-order valence-corrected chi connectivity index (χ1v) is 13.2. The molecule has 0 saturated carbocycles. The fraction of sp³-hybridized carbons (Fsp3) is 0.312. The number of aryl methyl sites for hydroxylation is 2. The Kier molecular flexibility index (Phi) is 9.74. The highest BCUT2D eigenvalue weighted by molar-refractivity contribution is 6.01. The van der Waals surface area contributed by atoms with Gasteiger partial charge in [-0.25, -0.2) is 4.79 Å². The van der Waals surface area contributed by atoms with Crippen molar-refractivity contribution >= 4 is 40.3 Å². The third-order valence-corrected chi connectivity index (χ3v) is 6.38. The fourth-order valence-electron chi connectivity index (χ4n) is 4.54. The summed E-state index contributed by atoms with van der Waals surface area (Å²) in [5.74, 6) is -1.97. The molecular weight excluding hydrogens is 520 g/mol. The Morgan fingerprint density at radius 3 is 2.20 bits per heavy atom. The normalized spacial score (nSPS) is 12.5. The number of primary amides is 1. The van der Waals surface area contributed by atoms with E-state index in [0.29, 0.717) is 11.3 Å². The van der Waals surface area contributed by atoms with E-state index < -0.39 is 41.5 Å². The van der Waals surface area contributed by atoms with Crippen LogP contribution in [0.3, 0.4) is 0 Å². The van der Waals surface area contributed by atoms with Gasteiger partial charge in [0.1, 0.15) is 17.7 Å². The standard InChI is InChI=1S/C32H36N4O5/c1-7-36(30(39)25(17-18-26(33)37)35-31(40)41-32(4,5)6)28(27-20(2)11-10-12-21(27)3)29(38)34-24-16-15-22-13-8-9-14-23(22)19-24/h1,8-16,19,25,28H,17-18H2,2-6H3,(H2,33,37)(H,34,38)(H,35,40). The minimum absolute atomic E-state index is 0.142. The number of nitrogens with zero attached hydrogens (tertiary/aromatic N) is 1. The number of carbonyl (C=O) groups is 4. The first kappa shape index (κ1) is 30.7. The van der Waals surface area contributed by atoms with E-state index in [1.165, 1.54) is 0 Å². The highest BCUT2D eigenvalue weighted by Crippen LogP contribution is 2.30. The Labute approximate surface area is 240 Å². The molecule has 0 aromatic heterocycles. The molecule has 2 unspecified atom stereocenters. The average Bonchev–Trinajstić information content (AvgIpc) is 2.89. The zero-order valence-electron chi connectivity index (χ0n) is 24.0. The molecule has 3 aromatic carbocycles. The van der Waals surface area contributed by atoms with E-state index in [4.69, 9.17) is 16.9 Å². The largest absolute Gasteiger partial charge is 0.444 e. The third kappa shape index (κ3) is 8.08. The molecule has 4 amide bonds. The van der Waals surface area contributed by atoms with Crippen LogP contribution in [0, 0.1) is 26.3 Å². The van der Waals surface area contributed by atoms with E-state index in [1.807, 2.05) is 68.4 Å². The molecule has 0 radical (unpaired) electrons. The minimum Gasteiger partial charge on any atom is -0.444 e. The van der Waals surface area contributed by atoms with Gasteiger partial charge < -0.3 is 21.1 Å². The zero-order chi connectivity index (χ0) is 30.3. The van der Waals surface area contributed by atoms with Crippen LogP contribution in [0.25, 0.3) is 10.8 Å². The van der Waals surface area contributed by atoms with Gasteiger partial charge in [0.15, 0.2) is 0 Å². The molecule has 0 fully saturated rings. The summed E-state index contributed by atoms with van der Waals surface area (Å²) in [4.78, 5) is 53.0. The van der Waals surface area contributed by atoms with E-state index >= 15 is 0 Å². The van der Waals surface area contributed by atoms with Gasteiger partial charge in [-0.2, -0.15) is 0 Å². The van der Waals surface area contributed by atoms with Crippen LogP contribution in [0.2, 0.25) is 0 Å². The highest BCUT2D eigenvalue weighted by Gasteiger charge is 2.37. The monoisotopic (exact) mass is 556 g/mol. The van der Waals surface area contributed by atoms with Gasteiger partial charge >= 0.3 is 6.09 Å². The topological polar surface area (TPSA) is 131 Å². The van der Waals surface area contributed by atoms with E-state index in [9.17, 15) is 19.2 Å². The number of alkyl carbamates (subject to hydrolysis) is 1. The SMILES string of the molecule is C#CN(C(=O)C(CCC(N)=O)NC(=O)OC(C)(C)C)C(C(=O)Nc1ccc2ccccc2c1)c1c(C)cccc1C. The van der Waals surface area contributed by atoms with E-state index in [2.05, 4.69) is 16.7 Å². The predicted molar refractivity (Wildman–Crippen MR) is 158 cm³/mol. The van der Waals surface area contributed by atoms with Crippen LogP contribution in [-0.2, 0) is 19.1 Å². The number of amides is 4. The van der Waals surface area contributed by atoms with Crippen LogP contribution in [0.1, 0.15) is 56.3 Å². The first-order valence-electron chi connectivity index (χ1n) is 13.2. The van der Waals surface area contributed by atoms with Gasteiger partial charge in [0.05, 0.1) is 0 Å². The minimum atomic E-state index is -1.28. The zero-order valence-corrected chi connectivity index (χ0v) is 24.0. The van der Waals surface area contributed by atoms with E-state index in [0.717, 1.165) is 26.8 Å². The quantitative estimate of drug-likeness (QED) is 0.259. The van der Waals surface area contributed by atoms with E-state index in [-0.39, 0.29) is 12.8 Å². The third-order valence-electron chi connectivity index (χ3n) is 6.38. The molecule has 9 heteroatoms. The molecule has 0 heterocycles. The van der Waals surface area contributed by atoms with Gasteiger partial charge in [-0.15, -0.1) is 0 Å². The van der Waals surface area contributed by atoms with Crippen LogP contribution in [0.4, 0.5) is 10.5 Å². The van der Waals surface area contributed by atoms with Crippen molar-refractivity contribution in [2.75, 3.05) is 5.32 Å². The number of anilines is 1. The van der Waals surface area contributed by atoms with Crippen molar-refractivity contribution in [2.45, 2.75) is 65.1 Å². The maximum Gasteiger partial charge on any atom is 0.408 e. The highest BCUT2D eigenvalue weighted by atomic mass is 16.6. The van der Waals surface area contributed by atoms with Crippen molar-refractivity contribution in [1.29, 1.82) is 0 Å². The van der Waals surface area contributed by atoms with Crippen LogP contribution in [0.15, 0.2) is 60.7 Å².